The Morgan fingerprint density at radius 3 is 2.64 bits per heavy atom. The first-order valence-corrected chi connectivity index (χ1v) is 9.95. The largest absolute Gasteiger partial charge is 0.480 e. The van der Waals surface area contributed by atoms with E-state index >= 15 is 0 Å². The highest BCUT2D eigenvalue weighted by molar-refractivity contribution is 5.92. The van der Waals surface area contributed by atoms with E-state index in [-0.39, 0.29) is 17.9 Å². The quantitative estimate of drug-likeness (QED) is 0.818. The highest BCUT2D eigenvalue weighted by atomic mass is 16.5. The summed E-state index contributed by atoms with van der Waals surface area (Å²) < 4.78 is 5.99. The summed E-state index contributed by atoms with van der Waals surface area (Å²) >= 11 is 0. The molecule has 1 aliphatic heterocycles. The van der Waals surface area contributed by atoms with Crippen molar-refractivity contribution in [3.05, 3.63) is 59.7 Å². The van der Waals surface area contributed by atoms with E-state index in [0.29, 0.717) is 25.1 Å². The second-order valence-corrected chi connectivity index (χ2v) is 7.27. The zero-order chi connectivity index (χ0) is 20.1. The van der Waals surface area contributed by atoms with Crippen LogP contribution in [-0.4, -0.2) is 28.9 Å². The van der Waals surface area contributed by atoms with Crippen LogP contribution in [0.15, 0.2) is 48.5 Å². The van der Waals surface area contributed by atoms with E-state index in [9.17, 15) is 9.59 Å². The third-order valence-corrected chi connectivity index (χ3v) is 5.21. The molecule has 148 valence electrons. The fraction of sp³-hybridized carbons (Fsp3) is 0.391. The molecule has 1 N–H and O–H groups in total. The highest BCUT2D eigenvalue weighted by Gasteiger charge is 2.32. The smallest absolute Gasteiger partial charge is 0.264 e. The Bertz CT molecular complexity index is 835. The molecular weight excluding hydrogens is 352 g/mol. The number of carbonyl (C=O) groups is 2. The molecule has 2 aromatic carbocycles. The molecule has 2 amide bonds. The number of hydrogen-bond donors (Lipinski definition) is 1. The molecule has 28 heavy (non-hydrogen) atoms. The lowest BCUT2D eigenvalue weighted by Crippen LogP contribution is -2.43. The molecule has 0 saturated heterocycles. The molecule has 0 radical (unpaired) electrons. The SMILES string of the molecule is CCC1Oc2ccc(NC(=O)Cc3ccccc3)cc2CN(C(C)CC)C1=O. The number of benzene rings is 2. The Morgan fingerprint density at radius 2 is 1.96 bits per heavy atom. The third-order valence-electron chi connectivity index (χ3n) is 5.21. The zero-order valence-electron chi connectivity index (χ0n) is 16.8. The van der Waals surface area contributed by atoms with Crippen LogP contribution in [0.2, 0.25) is 0 Å². The molecule has 0 aromatic heterocycles. The first-order chi connectivity index (χ1) is 13.5. The van der Waals surface area contributed by atoms with Gasteiger partial charge in [-0.05, 0) is 43.5 Å². The van der Waals surface area contributed by atoms with Gasteiger partial charge in [-0.25, -0.2) is 0 Å². The standard InChI is InChI=1S/C23H28N2O3/c1-4-16(3)25-15-18-14-19(11-12-21(18)28-20(5-2)23(25)27)24-22(26)13-17-9-7-6-8-10-17/h6-12,14,16,20H,4-5,13,15H2,1-3H3,(H,24,26). The summed E-state index contributed by atoms with van der Waals surface area (Å²) in [7, 11) is 0. The van der Waals surface area contributed by atoms with Crippen LogP contribution in [0, 0.1) is 0 Å². The molecule has 0 saturated carbocycles. The lowest BCUT2D eigenvalue weighted by molar-refractivity contribution is -0.140. The van der Waals surface area contributed by atoms with Crippen LogP contribution in [0.5, 0.6) is 5.75 Å². The fourth-order valence-electron chi connectivity index (χ4n) is 3.38. The fourth-order valence-corrected chi connectivity index (χ4v) is 3.38. The number of carbonyl (C=O) groups excluding carboxylic acids is 2. The summed E-state index contributed by atoms with van der Waals surface area (Å²) in [5, 5.41) is 2.96. The minimum absolute atomic E-state index is 0.0303. The van der Waals surface area contributed by atoms with Gasteiger partial charge in [-0.2, -0.15) is 0 Å². The number of nitrogens with one attached hydrogen (secondary N) is 1. The van der Waals surface area contributed by atoms with E-state index in [0.717, 1.165) is 23.2 Å². The van der Waals surface area contributed by atoms with Crippen LogP contribution in [0.4, 0.5) is 5.69 Å². The van der Waals surface area contributed by atoms with Gasteiger partial charge < -0.3 is 15.0 Å². The predicted molar refractivity (Wildman–Crippen MR) is 110 cm³/mol. The number of hydrogen-bond acceptors (Lipinski definition) is 3. The minimum atomic E-state index is -0.464. The van der Waals surface area contributed by atoms with Crippen molar-refractivity contribution in [1.29, 1.82) is 0 Å². The van der Waals surface area contributed by atoms with Gasteiger partial charge in [0.2, 0.25) is 5.91 Å². The van der Waals surface area contributed by atoms with E-state index in [1.807, 2.05) is 60.4 Å². The van der Waals surface area contributed by atoms with Crippen molar-refractivity contribution >= 4 is 17.5 Å². The molecular formula is C23H28N2O3. The van der Waals surface area contributed by atoms with Crippen LogP contribution in [0.25, 0.3) is 0 Å². The second-order valence-electron chi connectivity index (χ2n) is 7.27. The van der Waals surface area contributed by atoms with Gasteiger partial charge in [0.25, 0.3) is 5.91 Å². The minimum Gasteiger partial charge on any atom is -0.480 e. The molecule has 5 heteroatoms. The second kappa shape index (κ2) is 8.91. The Morgan fingerprint density at radius 1 is 1.21 bits per heavy atom. The monoisotopic (exact) mass is 380 g/mol. The van der Waals surface area contributed by atoms with Crippen molar-refractivity contribution in [3.8, 4) is 5.75 Å². The molecule has 0 aliphatic carbocycles. The van der Waals surface area contributed by atoms with Crippen LogP contribution in [0.3, 0.4) is 0 Å². The molecule has 1 heterocycles. The number of rotatable bonds is 6. The maximum atomic E-state index is 12.8. The number of ether oxygens (including phenoxy) is 1. The van der Waals surface area contributed by atoms with Gasteiger partial charge in [0.15, 0.2) is 6.10 Å². The van der Waals surface area contributed by atoms with Gasteiger partial charge in [-0.1, -0.05) is 44.2 Å². The van der Waals surface area contributed by atoms with Crippen molar-refractivity contribution in [2.45, 2.75) is 58.7 Å². The van der Waals surface area contributed by atoms with Gasteiger partial charge in [-0.3, -0.25) is 9.59 Å². The molecule has 3 rings (SSSR count). The topological polar surface area (TPSA) is 58.6 Å². The summed E-state index contributed by atoms with van der Waals surface area (Å²) in [4.78, 5) is 27.1. The van der Waals surface area contributed by atoms with Gasteiger partial charge >= 0.3 is 0 Å². The molecule has 2 unspecified atom stereocenters. The van der Waals surface area contributed by atoms with Crippen LogP contribution in [0.1, 0.15) is 44.7 Å². The molecule has 5 nitrogen and oxygen atoms in total. The molecule has 1 aliphatic rings. The van der Waals surface area contributed by atoms with E-state index in [1.54, 1.807) is 0 Å². The van der Waals surface area contributed by atoms with E-state index in [4.69, 9.17) is 4.74 Å². The van der Waals surface area contributed by atoms with Crippen molar-refractivity contribution in [2.75, 3.05) is 5.32 Å². The number of fused-ring (bicyclic) bond motifs is 1. The van der Waals surface area contributed by atoms with Crippen LogP contribution < -0.4 is 10.1 Å². The highest BCUT2D eigenvalue weighted by Crippen LogP contribution is 2.30. The molecule has 2 atom stereocenters. The first kappa shape index (κ1) is 19.9. The van der Waals surface area contributed by atoms with Crippen molar-refractivity contribution in [2.24, 2.45) is 0 Å². The summed E-state index contributed by atoms with van der Waals surface area (Å²) in [6.45, 7) is 6.58. The average Bonchev–Trinajstić information content (AvgIpc) is 2.84. The average molecular weight is 380 g/mol. The maximum Gasteiger partial charge on any atom is 0.264 e. The van der Waals surface area contributed by atoms with Gasteiger partial charge in [0.05, 0.1) is 6.42 Å². The molecule has 2 aromatic rings. The summed E-state index contributed by atoms with van der Waals surface area (Å²) in [5.41, 5.74) is 2.61. The van der Waals surface area contributed by atoms with Crippen LogP contribution >= 0.6 is 0 Å². The van der Waals surface area contributed by atoms with Crippen molar-refractivity contribution in [3.63, 3.8) is 0 Å². The van der Waals surface area contributed by atoms with Gasteiger partial charge in [0, 0.05) is 23.8 Å². The molecule has 0 bridgehead atoms. The van der Waals surface area contributed by atoms with E-state index in [1.165, 1.54) is 0 Å². The maximum absolute atomic E-state index is 12.8. The van der Waals surface area contributed by atoms with Crippen LogP contribution in [-0.2, 0) is 22.6 Å². The molecule has 0 spiro atoms. The zero-order valence-corrected chi connectivity index (χ0v) is 16.8. The van der Waals surface area contributed by atoms with Crippen molar-refractivity contribution in [1.82, 2.24) is 4.90 Å². The third kappa shape index (κ3) is 4.53. The summed E-state index contributed by atoms with van der Waals surface area (Å²) in [6.07, 6.45) is 1.36. The summed E-state index contributed by atoms with van der Waals surface area (Å²) in [5.74, 6) is 0.678. The Hall–Kier alpha value is -2.82. The Balaban J connectivity index is 1.79. The van der Waals surface area contributed by atoms with E-state index < -0.39 is 6.10 Å². The van der Waals surface area contributed by atoms with Gasteiger partial charge in [0.1, 0.15) is 5.75 Å². The lowest BCUT2D eigenvalue weighted by Gasteiger charge is -2.28. The van der Waals surface area contributed by atoms with Gasteiger partial charge in [-0.15, -0.1) is 0 Å². The predicted octanol–water partition coefficient (Wildman–Crippen LogP) is 4.17. The van der Waals surface area contributed by atoms with Crippen molar-refractivity contribution < 1.29 is 14.3 Å². The number of amides is 2. The summed E-state index contributed by atoms with van der Waals surface area (Å²) in [6, 6.07) is 15.4. The first-order valence-electron chi connectivity index (χ1n) is 9.95. The Kier molecular flexibility index (Phi) is 6.34. The Labute approximate surface area is 166 Å². The molecule has 0 fully saturated rings. The number of anilines is 1. The number of nitrogens with zero attached hydrogens (tertiary/aromatic N) is 1. The normalized spacial score (nSPS) is 17.3. The van der Waals surface area contributed by atoms with E-state index in [2.05, 4.69) is 19.2 Å². The lowest BCUT2D eigenvalue weighted by atomic mass is 10.1.